The van der Waals surface area contributed by atoms with Gasteiger partial charge in [0.05, 0.1) is 17.7 Å². The maximum absolute atomic E-state index is 11.6. The quantitative estimate of drug-likeness (QED) is 0.870. The Balaban J connectivity index is 1.87. The minimum atomic E-state index is -1.04. The van der Waals surface area contributed by atoms with E-state index in [0.29, 0.717) is 11.6 Å². The monoisotopic (exact) mass is 349 g/mol. The van der Waals surface area contributed by atoms with Gasteiger partial charge in [-0.15, -0.1) is 0 Å². The molecule has 130 valence electrons. The minimum Gasteiger partial charge on any atom is -0.390 e. The van der Waals surface area contributed by atoms with Crippen molar-refractivity contribution in [3.63, 3.8) is 0 Å². The first kappa shape index (κ1) is 17.4. The highest BCUT2D eigenvalue weighted by atomic mass is 35.5. The summed E-state index contributed by atoms with van der Waals surface area (Å²) in [4.78, 5) is 3.96. The summed E-state index contributed by atoms with van der Waals surface area (Å²) in [5.74, 6) is -0.175. The summed E-state index contributed by atoms with van der Waals surface area (Å²) in [5.41, 5.74) is -0.854. The van der Waals surface area contributed by atoms with E-state index in [1.807, 2.05) is 24.3 Å². The van der Waals surface area contributed by atoms with Crippen LogP contribution in [0.3, 0.4) is 0 Å². The molecule has 5 nitrogen and oxygen atoms in total. The van der Waals surface area contributed by atoms with E-state index in [-0.39, 0.29) is 11.8 Å². The predicted octanol–water partition coefficient (Wildman–Crippen LogP) is 2.70. The Bertz CT molecular complexity index is 667. The van der Waals surface area contributed by atoms with Gasteiger partial charge in [0.15, 0.2) is 0 Å². The summed E-state index contributed by atoms with van der Waals surface area (Å²) in [5, 5.41) is 27.0. The number of hydrogen-bond donors (Lipinski definition) is 2. The Labute approximate surface area is 147 Å². The van der Waals surface area contributed by atoms with Crippen LogP contribution in [0.2, 0.25) is 5.02 Å². The lowest BCUT2D eigenvalue weighted by molar-refractivity contribution is -0.121. The van der Waals surface area contributed by atoms with Gasteiger partial charge in [-0.3, -0.25) is 4.68 Å². The number of nitrogens with zero attached hydrogens (tertiary/aromatic N) is 3. The van der Waals surface area contributed by atoms with E-state index in [4.69, 9.17) is 11.6 Å². The molecule has 0 aliphatic heterocycles. The van der Waals surface area contributed by atoms with Crippen molar-refractivity contribution >= 4 is 11.6 Å². The molecule has 1 saturated carbocycles. The largest absolute Gasteiger partial charge is 0.390 e. The Hall–Kier alpha value is -1.43. The predicted molar refractivity (Wildman–Crippen MR) is 92.6 cm³/mol. The Morgan fingerprint density at radius 1 is 1.29 bits per heavy atom. The summed E-state index contributed by atoms with van der Waals surface area (Å²) in [7, 11) is 0. The van der Waals surface area contributed by atoms with Gasteiger partial charge in [0.1, 0.15) is 12.7 Å². The molecular weight excluding hydrogens is 326 g/mol. The van der Waals surface area contributed by atoms with Crippen molar-refractivity contribution in [1.82, 2.24) is 14.8 Å². The molecule has 3 atom stereocenters. The average Bonchev–Trinajstić information content (AvgIpc) is 3.10. The zero-order valence-electron chi connectivity index (χ0n) is 14.1. The van der Waals surface area contributed by atoms with Gasteiger partial charge in [-0.1, -0.05) is 23.7 Å². The topological polar surface area (TPSA) is 71.2 Å². The number of benzene rings is 1. The van der Waals surface area contributed by atoms with Crippen molar-refractivity contribution in [3.05, 3.63) is 47.5 Å². The zero-order chi connectivity index (χ0) is 17.4. The molecule has 0 amide bonds. The molecule has 2 N–H and O–H groups in total. The molecule has 1 aromatic heterocycles. The van der Waals surface area contributed by atoms with Crippen LogP contribution in [-0.4, -0.2) is 36.2 Å². The molecule has 6 heteroatoms. The van der Waals surface area contributed by atoms with Crippen molar-refractivity contribution in [2.75, 3.05) is 0 Å². The maximum atomic E-state index is 11.6. The van der Waals surface area contributed by atoms with E-state index in [1.165, 1.54) is 6.33 Å². The molecule has 0 unspecified atom stereocenters. The second-order valence-electron chi connectivity index (χ2n) is 7.40. The lowest BCUT2D eigenvalue weighted by Gasteiger charge is -2.41. The third-order valence-electron chi connectivity index (χ3n) is 5.24. The van der Waals surface area contributed by atoms with Gasteiger partial charge in [0.25, 0.3) is 0 Å². The molecule has 2 aromatic rings. The lowest BCUT2D eigenvalue weighted by atomic mass is 9.74. The van der Waals surface area contributed by atoms with Crippen LogP contribution in [0.4, 0.5) is 0 Å². The van der Waals surface area contributed by atoms with Crippen LogP contribution in [0.1, 0.15) is 32.3 Å². The molecule has 24 heavy (non-hydrogen) atoms. The maximum Gasteiger partial charge on any atom is 0.137 e. The highest BCUT2D eigenvalue weighted by Gasteiger charge is 2.54. The van der Waals surface area contributed by atoms with Crippen LogP contribution in [0.15, 0.2) is 36.9 Å². The molecule has 3 rings (SSSR count). The fourth-order valence-electron chi connectivity index (χ4n) is 4.11. The molecule has 1 aromatic carbocycles. The van der Waals surface area contributed by atoms with Crippen molar-refractivity contribution in [3.8, 4) is 0 Å². The third-order valence-corrected chi connectivity index (χ3v) is 5.50. The molecule has 0 radical (unpaired) electrons. The van der Waals surface area contributed by atoms with Gasteiger partial charge >= 0.3 is 0 Å². The highest BCUT2D eigenvalue weighted by Crippen LogP contribution is 2.48. The molecule has 0 bridgehead atoms. The SMILES string of the molecule is CC(C)(O)[C@H]1CC[C@@H](Cc2ccc(Cl)cc2)[C@]1(O)Cn1cncn1. The third kappa shape index (κ3) is 3.48. The summed E-state index contributed by atoms with van der Waals surface area (Å²) >= 11 is 5.96. The van der Waals surface area contributed by atoms with E-state index >= 15 is 0 Å². The van der Waals surface area contributed by atoms with Crippen molar-refractivity contribution in [1.29, 1.82) is 0 Å². The molecule has 1 fully saturated rings. The molecule has 1 heterocycles. The highest BCUT2D eigenvalue weighted by molar-refractivity contribution is 6.30. The van der Waals surface area contributed by atoms with Gasteiger partial charge in [-0.05, 0) is 56.7 Å². The molecule has 0 spiro atoms. The number of halogens is 1. The van der Waals surface area contributed by atoms with E-state index in [1.54, 1.807) is 24.9 Å². The molecule has 1 aliphatic rings. The van der Waals surface area contributed by atoms with Gasteiger partial charge in [0, 0.05) is 10.9 Å². The van der Waals surface area contributed by atoms with Gasteiger partial charge in [0.2, 0.25) is 0 Å². The van der Waals surface area contributed by atoms with E-state index in [0.717, 1.165) is 24.8 Å². The van der Waals surface area contributed by atoms with E-state index in [2.05, 4.69) is 10.1 Å². The Morgan fingerprint density at radius 3 is 2.58 bits per heavy atom. The van der Waals surface area contributed by atoms with Gasteiger partial charge < -0.3 is 10.2 Å². The Kier molecular flexibility index (Phi) is 4.69. The summed E-state index contributed by atoms with van der Waals surface area (Å²) in [6.45, 7) is 3.88. The van der Waals surface area contributed by atoms with Crippen LogP contribution in [0, 0.1) is 11.8 Å². The first-order valence-electron chi connectivity index (χ1n) is 8.30. The van der Waals surface area contributed by atoms with E-state index in [9.17, 15) is 10.2 Å². The van der Waals surface area contributed by atoms with Crippen LogP contribution in [0.25, 0.3) is 0 Å². The second-order valence-corrected chi connectivity index (χ2v) is 7.83. The first-order valence-corrected chi connectivity index (χ1v) is 8.68. The van der Waals surface area contributed by atoms with Crippen molar-refractivity contribution < 1.29 is 10.2 Å². The van der Waals surface area contributed by atoms with Gasteiger partial charge in [-0.25, -0.2) is 4.98 Å². The second kappa shape index (κ2) is 6.47. The number of aromatic nitrogens is 3. The summed E-state index contributed by atoms with van der Waals surface area (Å²) in [6, 6.07) is 7.73. The first-order chi connectivity index (χ1) is 11.3. The van der Waals surface area contributed by atoms with Crippen LogP contribution >= 0.6 is 11.6 Å². The number of hydrogen-bond acceptors (Lipinski definition) is 4. The smallest absolute Gasteiger partial charge is 0.137 e. The van der Waals surface area contributed by atoms with Crippen LogP contribution in [-0.2, 0) is 13.0 Å². The molecule has 0 saturated heterocycles. The number of aliphatic hydroxyl groups is 2. The number of rotatable bonds is 5. The fraction of sp³-hybridized carbons (Fsp3) is 0.556. The lowest BCUT2D eigenvalue weighted by Crippen LogP contribution is -2.52. The minimum absolute atomic E-state index is 0.0410. The zero-order valence-corrected chi connectivity index (χ0v) is 14.8. The molecule has 1 aliphatic carbocycles. The van der Waals surface area contributed by atoms with Crippen molar-refractivity contribution in [2.45, 2.75) is 50.9 Å². The Morgan fingerprint density at radius 2 is 2.00 bits per heavy atom. The van der Waals surface area contributed by atoms with Crippen molar-refractivity contribution in [2.24, 2.45) is 11.8 Å². The fourth-order valence-corrected chi connectivity index (χ4v) is 4.24. The summed E-state index contributed by atoms with van der Waals surface area (Å²) < 4.78 is 1.65. The standard InChI is InChI=1S/C18H24ClN3O2/c1-17(2,23)16-8-5-14(9-13-3-6-15(19)7-4-13)18(16,24)10-22-12-20-11-21-22/h3-4,6-7,11-12,14,16,23-24H,5,8-10H2,1-2H3/t14-,16+,18+/m0/s1. The average molecular weight is 350 g/mol. The summed E-state index contributed by atoms with van der Waals surface area (Å²) in [6.07, 6.45) is 5.47. The van der Waals surface area contributed by atoms with Gasteiger partial charge in [-0.2, -0.15) is 5.10 Å². The molecular formula is C18H24ClN3O2. The van der Waals surface area contributed by atoms with Crippen LogP contribution in [0.5, 0.6) is 0 Å². The van der Waals surface area contributed by atoms with Crippen LogP contribution < -0.4 is 0 Å². The normalized spacial score (nSPS) is 27.5. The van der Waals surface area contributed by atoms with E-state index < -0.39 is 11.2 Å².